The van der Waals surface area contributed by atoms with Crippen molar-refractivity contribution in [3.8, 4) is 0 Å². The minimum Gasteiger partial charge on any atom is -0.369 e. The third-order valence-corrected chi connectivity index (χ3v) is 3.24. The summed E-state index contributed by atoms with van der Waals surface area (Å²) in [6, 6.07) is 0.497. The highest BCUT2D eigenvalue weighted by atomic mass is 16.5. The van der Waals surface area contributed by atoms with Gasteiger partial charge in [0.15, 0.2) is 0 Å². The van der Waals surface area contributed by atoms with E-state index in [1.165, 1.54) is 12.8 Å². The normalized spacial score (nSPS) is 40.6. The van der Waals surface area contributed by atoms with Gasteiger partial charge in [-0.3, -0.25) is 0 Å². The van der Waals surface area contributed by atoms with E-state index in [1.54, 1.807) is 0 Å². The van der Waals surface area contributed by atoms with E-state index in [-0.39, 0.29) is 5.60 Å². The monoisotopic (exact) mass is 185 g/mol. The van der Waals surface area contributed by atoms with Gasteiger partial charge in [-0.1, -0.05) is 20.3 Å². The molecule has 0 amide bonds. The van der Waals surface area contributed by atoms with Crippen LogP contribution in [0.1, 0.15) is 47.0 Å². The van der Waals surface area contributed by atoms with Crippen LogP contribution in [-0.2, 0) is 4.74 Å². The van der Waals surface area contributed by atoms with E-state index >= 15 is 0 Å². The van der Waals surface area contributed by atoms with Crippen molar-refractivity contribution in [2.45, 2.75) is 64.7 Å². The van der Waals surface area contributed by atoms with E-state index in [0.29, 0.717) is 12.1 Å². The summed E-state index contributed by atoms with van der Waals surface area (Å²) in [6.45, 7) is 9.82. The van der Waals surface area contributed by atoms with Crippen molar-refractivity contribution in [2.75, 3.05) is 6.54 Å². The Balaban J connectivity index is 2.57. The maximum atomic E-state index is 6.11. The second-order valence-corrected chi connectivity index (χ2v) is 4.28. The lowest BCUT2D eigenvalue weighted by atomic mass is 9.91. The largest absolute Gasteiger partial charge is 0.369 e. The molecule has 0 spiro atoms. The minimum absolute atomic E-state index is 0.112. The molecule has 78 valence electrons. The van der Waals surface area contributed by atoms with Crippen molar-refractivity contribution in [1.82, 2.24) is 5.32 Å². The Bertz CT molecular complexity index is 160. The second-order valence-electron chi connectivity index (χ2n) is 4.28. The van der Waals surface area contributed by atoms with Gasteiger partial charge in [-0.15, -0.1) is 0 Å². The lowest BCUT2D eigenvalue weighted by molar-refractivity contribution is -0.131. The van der Waals surface area contributed by atoms with Crippen LogP contribution in [0.2, 0.25) is 0 Å². The van der Waals surface area contributed by atoms with Gasteiger partial charge in [0, 0.05) is 12.6 Å². The van der Waals surface area contributed by atoms with Crippen LogP contribution in [-0.4, -0.2) is 24.3 Å². The van der Waals surface area contributed by atoms with E-state index in [1.807, 2.05) is 0 Å². The molecule has 1 aliphatic heterocycles. The molecule has 0 aliphatic carbocycles. The predicted octanol–water partition coefficient (Wildman–Crippen LogP) is 2.33. The highest BCUT2D eigenvalue weighted by Gasteiger charge is 2.35. The molecule has 0 aromatic carbocycles. The van der Waals surface area contributed by atoms with Crippen LogP contribution in [0, 0.1) is 0 Å². The number of hydrogen-bond acceptors (Lipinski definition) is 2. The summed E-state index contributed by atoms with van der Waals surface area (Å²) in [5.74, 6) is 0. The Morgan fingerprint density at radius 3 is 2.54 bits per heavy atom. The van der Waals surface area contributed by atoms with Gasteiger partial charge >= 0.3 is 0 Å². The molecule has 1 rings (SSSR count). The third-order valence-electron chi connectivity index (χ3n) is 3.24. The summed E-state index contributed by atoms with van der Waals surface area (Å²) in [7, 11) is 0. The summed E-state index contributed by atoms with van der Waals surface area (Å²) in [4.78, 5) is 0. The van der Waals surface area contributed by atoms with Crippen molar-refractivity contribution in [1.29, 1.82) is 0 Å². The average Bonchev–Trinajstić information content (AvgIpc) is 2.12. The van der Waals surface area contributed by atoms with Crippen LogP contribution >= 0.6 is 0 Å². The molecule has 1 N–H and O–H groups in total. The maximum absolute atomic E-state index is 6.11. The molecule has 0 aromatic rings. The van der Waals surface area contributed by atoms with Gasteiger partial charge in [0.25, 0.3) is 0 Å². The summed E-state index contributed by atoms with van der Waals surface area (Å²) in [5, 5.41) is 3.53. The van der Waals surface area contributed by atoms with Gasteiger partial charge in [-0.05, 0) is 26.7 Å². The van der Waals surface area contributed by atoms with Crippen molar-refractivity contribution < 1.29 is 4.74 Å². The highest BCUT2D eigenvalue weighted by Crippen LogP contribution is 2.27. The van der Waals surface area contributed by atoms with Crippen LogP contribution < -0.4 is 5.32 Å². The van der Waals surface area contributed by atoms with Gasteiger partial charge in [-0.2, -0.15) is 0 Å². The highest BCUT2D eigenvalue weighted by molar-refractivity contribution is 4.90. The zero-order valence-electron chi connectivity index (χ0n) is 9.39. The molecule has 3 unspecified atom stereocenters. The van der Waals surface area contributed by atoms with Crippen LogP contribution in [0.15, 0.2) is 0 Å². The molecule has 13 heavy (non-hydrogen) atoms. The molecule has 3 atom stereocenters. The molecule has 1 aliphatic rings. The Kier molecular flexibility index (Phi) is 3.74. The molecule has 2 heteroatoms. The van der Waals surface area contributed by atoms with E-state index < -0.39 is 0 Å². The Labute approximate surface area is 82.0 Å². The quantitative estimate of drug-likeness (QED) is 0.728. The number of nitrogens with one attached hydrogen (secondary N) is 1. The van der Waals surface area contributed by atoms with Gasteiger partial charge in [0.2, 0.25) is 0 Å². The number of ether oxygens (including phenoxy) is 1. The standard InChI is InChI=1S/C11H23NO/c1-5-7-11(6-2)8-12-9(3)10(4)13-11/h9-10,12H,5-8H2,1-4H3. The first-order chi connectivity index (χ1) is 6.13. The lowest BCUT2D eigenvalue weighted by Gasteiger charge is -2.43. The second kappa shape index (κ2) is 4.43. The van der Waals surface area contributed by atoms with Crippen molar-refractivity contribution in [3.63, 3.8) is 0 Å². The molecular formula is C11H23NO. The number of rotatable bonds is 3. The lowest BCUT2D eigenvalue weighted by Crippen LogP contribution is -2.57. The molecule has 0 bridgehead atoms. The maximum Gasteiger partial charge on any atom is 0.0808 e. The van der Waals surface area contributed by atoms with Crippen molar-refractivity contribution in [3.05, 3.63) is 0 Å². The summed E-state index contributed by atoms with van der Waals surface area (Å²) >= 11 is 0. The molecule has 1 heterocycles. The molecule has 0 radical (unpaired) electrons. The molecule has 1 fully saturated rings. The van der Waals surface area contributed by atoms with E-state index in [2.05, 4.69) is 33.0 Å². The van der Waals surface area contributed by atoms with Gasteiger partial charge in [-0.25, -0.2) is 0 Å². The van der Waals surface area contributed by atoms with Gasteiger partial charge < -0.3 is 10.1 Å². The fraction of sp³-hybridized carbons (Fsp3) is 1.00. The first kappa shape index (κ1) is 11.0. The van der Waals surface area contributed by atoms with Crippen LogP contribution in [0.4, 0.5) is 0 Å². The summed E-state index contributed by atoms with van der Waals surface area (Å²) in [5.41, 5.74) is 0.112. The molecule has 2 nitrogen and oxygen atoms in total. The van der Waals surface area contributed by atoms with Crippen LogP contribution in [0.5, 0.6) is 0 Å². The van der Waals surface area contributed by atoms with E-state index in [4.69, 9.17) is 4.74 Å². The van der Waals surface area contributed by atoms with Crippen LogP contribution in [0.3, 0.4) is 0 Å². The summed E-state index contributed by atoms with van der Waals surface area (Å²) < 4.78 is 6.11. The Morgan fingerprint density at radius 2 is 2.08 bits per heavy atom. The Hall–Kier alpha value is -0.0800. The van der Waals surface area contributed by atoms with E-state index in [0.717, 1.165) is 13.0 Å². The number of morpholine rings is 1. The fourth-order valence-electron chi connectivity index (χ4n) is 2.04. The zero-order valence-corrected chi connectivity index (χ0v) is 9.39. The fourth-order valence-corrected chi connectivity index (χ4v) is 2.04. The zero-order chi connectivity index (χ0) is 9.90. The minimum atomic E-state index is 0.112. The molecule has 1 saturated heterocycles. The van der Waals surface area contributed by atoms with Crippen molar-refractivity contribution in [2.24, 2.45) is 0 Å². The number of hydrogen-bond donors (Lipinski definition) is 1. The SMILES string of the molecule is CCCC1(CC)CNC(C)C(C)O1. The molecule has 0 saturated carbocycles. The van der Waals surface area contributed by atoms with Gasteiger partial charge in [0.05, 0.1) is 11.7 Å². The van der Waals surface area contributed by atoms with Crippen LogP contribution in [0.25, 0.3) is 0 Å². The molecular weight excluding hydrogens is 162 g/mol. The smallest absolute Gasteiger partial charge is 0.0808 e. The molecule has 0 aromatic heterocycles. The third kappa shape index (κ3) is 2.44. The van der Waals surface area contributed by atoms with E-state index in [9.17, 15) is 0 Å². The Morgan fingerprint density at radius 1 is 1.38 bits per heavy atom. The average molecular weight is 185 g/mol. The van der Waals surface area contributed by atoms with Gasteiger partial charge in [0.1, 0.15) is 0 Å². The first-order valence-corrected chi connectivity index (χ1v) is 5.54. The first-order valence-electron chi connectivity index (χ1n) is 5.54. The summed E-state index contributed by atoms with van der Waals surface area (Å²) in [6.07, 6.45) is 3.84. The van der Waals surface area contributed by atoms with Crippen molar-refractivity contribution >= 4 is 0 Å². The predicted molar refractivity (Wildman–Crippen MR) is 55.9 cm³/mol. The topological polar surface area (TPSA) is 21.3 Å².